The first kappa shape index (κ1) is 16.8. The van der Waals surface area contributed by atoms with Gasteiger partial charge in [0.25, 0.3) is 0 Å². The Kier molecular flexibility index (Phi) is 6.68. The van der Waals surface area contributed by atoms with Crippen LogP contribution in [0.1, 0.15) is 18.9 Å². The maximum absolute atomic E-state index is 12.0. The van der Waals surface area contributed by atoms with Gasteiger partial charge in [0.2, 0.25) is 5.91 Å². The molecule has 0 aliphatic carbocycles. The molecule has 1 atom stereocenters. The van der Waals surface area contributed by atoms with Gasteiger partial charge in [0.15, 0.2) is 0 Å². The topological polar surface area (TPSA) is 53.6 Å². The van der Waals surface area contributed by atoms with Crippen LogP contribution in [0.3, 0.4) is 0 Å². The minimum Gasteiger partial charge on any atom is -0.384 e. The molecule has 1 heterocycles. The van der Waals surface area contributed by atoms with Crippen LogP contribution in [0.25, 0.3) is 0 Å². The Hall–Kier alpha value is -1.59. The summed E-state index contributed by atoms with van der Waals surface area (Å²) in [5, 5.41) is 6.38. The summed E-state index contributed by atoms with van der Waals surface area (Å²) in [4.78, 5) is 14.3. The molecule has 0 bridgehead atoms. The van der Waals surface area contributed by atoms with Gasteiger partial charge in [0.1, 0.15) is 0 Å². The molecule has 0 radical (unpaired) electrons. The number of aryl methyl sites for hydroxylation is 1. The van der Waals surface area contributed by atoms with Gasteiger partial charge in [0, 0.05) is 44.3 Å². The van der Waals surface area contributed by atoms with Crippen LogP contribution in [-0.2, 0) is 9.53 Å². The molecule has 2 rings (SSSR count). The number of morpholine rings is 1. The molecule has 1 aromatic rings. The second-order valence-electron chi connectivity index (χ2n) is 5.87. The first-order valence-corrected chi connectivity index (χ1v) is 8.04. The van der Waals surface area contributed by atoms with Crippen molar-refractivity contribution < 1.29 is 9.53 Å². The number of amides is 1. The molecule has 22 heavy (non-hydrogen) atoms. The summed E-state index contributed by atoms with van der Waals surface area (Å²) in [6, 6.07) is 8.28. The van der Waals surface area contributed by atoms with Gasteiger partial charge in [-0.05, 0) is 25.5 Å². The number of nitrogens with zero attached hydrogens (tertiary/aromatic N) is 1. The Balaban J connectivity index is 1.63. The van der Waals surface area contributed by atoms with Crippen LogP contribution in [0.2, 0.25) is 0 Å². The van der Waals surface area contributed by atoms with Crippen molar-refractivity contribution in [2.75, 3.05) is 44.7 Å². The number of ether oxygens (including phenoxy) is 1. The van der Waals surface area contributed by atoms with Crippen molar-refractivity contribution in [1.29, 1.82) is 0 Å². The average Bonchev–Trinajstić information content (AvgIpc) is 2.50. The van der Waals surface area contributed by atoms with E-state index in [1.807, 2.05) is 18.2 Å². The summed E-state index contributed by atoms with van der Waals surface area (Å²) in [5.41, 5.74) is 2.29. The largest absolute Gasteiger partial charge is 0.384 e. The van der Waals surface area contributed by atoms with Crippen molar-refractivity contribution in [2.45, 2.75) is 26.3 Å². The smallest absolute Gasteiger partial charge is 0.222 e. The standard InChI is InChI=1S/C17H27N3O2/c1-14-5-3-4-6-16(14)18-8-7-17(21)19-15(2)13-20-9-11-22-12-10-20/h3-6,15,18H,7-13H2,1-2H3,(H,19,21)/t15-/m1/s1. The monoisotopic (exact) mass is 305 g/mol. The molecule has 1 amide bonds. The lowest BCUT2D eigenvalue weighted by Crippen LogP contribution is -2.46. The summed E-state index contributed by atoms with van der Waals surface area (Å²) >= 11 is 0. The van der Waals surface area contributed by atoms with Crippen LogP contribution < -0.4 is 10.6 Å². The number of hydrogen-bond acceptors (Lipinski definition) is 4. The molecule has 0 spiro atoms. The molecule has 5 nitrogen and oxygen atoms in total. The molecule has 0 aromatic heterocycles. The van der Waals surface area contributed by atoms with Gasteiger partial charge in [-0.3, -0.25) is 9.69 Å². The van der Waals surface area contributed by atoms with E-state index in [0.29, 0.717) is 13.0 Å². The number of rotatable bonds is 7. The van der Waals surface area contributed by atoms with Crippen molar-refractivity contribution in [3.05, 3.63) is 29.8 Å². The Labute approximate surface area is 133 Å². The van der Waals surface area contributed by atoms with E-state index < -0.39 is 0 Å². The summed E-state index contributed by atoms with van der Waals surface area (Å²) in [5.74, 6) is 0.0989. The average molecular weight is 305 g/mol. The Morgan fingerprint density at radius 1 is 1.32 bits per heavy atom. The zero-order valence-corrected chi connectivity index (χ0v) is 13.6. The molecule has 1 saturated heterocycles. The minimum atomic E-state index is 0.0989. The Morgan fingerprint density at radius 2 is 2.05 bits per heavy atom. The summed E-state index contributed by atoms with van der Waals surface area (Å²) in [7, 11) is 0. The molecule has 0 unspecified atom stereocenters. The van der Waals surface area contributed by atoms with Gasteiger partial charge in [0.05, 0.1) is 13.2 Å². The van der Waals surface area contributed by atoms with Crippen molar-refractivity contribution in [2.24, 2.45) is 0 Å². The predicted molar refractivity (Wildman–Crippen MR) is 89.1 cm³/mol. The van der Waals surface area contributed by atoms with Crippen LogP contribution in [0, 0.1) is 6.92 Å². The van der Waals surface area contributed by atoms with Crippen LogP contribution in [0.4, 0.5) is 5.69 Å². The van der Waals surface area contributed by atoms with Crippen LogP contribution >= 0.6 is 0 Å². The maximum atomic E-state index is 12.0. The fraction of sp³-hybridized carbons (Fsp3) is 0.588. The SMILES string of the molecule is Cc1ccccc1NCCC(=O)N[C@H](C)CN1CCOCC1. The van der Waals surface area contributed by atoms with E-state index in [1.165, 1.54) is 5.56 Å². The van der Waals surface area contributed by atoms with E-state index in [9.17, 15) is 4.79 Å². The molecule has 1 aromatic carbocycles. The number of hydrogen-bond donors (Lipinski definition) is 2. The lowest BCUT2D eigenvalue weighted by Gasteiger charge is -2.29. The number of carbonyl (C=O) groups is 1. The fourth-order valence-corrected chi connectivity index (χ4v) is 2.65. The Morgan fingerprint density at radius 3 is 2.77 bits per heavy atom. The molecule has 0 saturated carbocycles. The van der Waals surface area contributed by atoms with Gasteiger partial charge in [-0.1, -0.05) is 18.2 Å². The van der Waals surface area contributed by atoms with Gasteiger partial charge >= 0.3 is 0 Å². The summed E-state index contributed by atoms with van der Waals surface area (Å²) in [6.45, 7) is 9.16. The third kappa shape index (κ3) is 5.66. The van der Waals surface area contributed by atoms with Gasteiger partial charge < -0.3 is 15.4 Å². The lowest BCUT2D eigenvalue weighted by molar-refractivity contribution is -0.121. The fourth-order valence-electron chi connectivity index (χ4n) is 2.65. The molecule has 1 aliphatic heterocycles. The van der Waals surface area contributed by atoms with E-state index in [1.54, 1.807) is 0 Å². The number of para-hydroxylation sites is 1. The van der Waals surface area contributed by atoms with E-state index >= 15 is 0 Å². The van der Waals surface area contributed by atoms with Crippen LogP contribution in [0.5, 0.6) is 0 Å². The van der Waals surface area contributed by atoms with Crippen molar-refractivity contribution in [3.8, 4) is 0 Å². The minimum absolute atomic E-state index is 0.0989. The quantitative estimate of drug-likeness (QED) is 0.804. The molecule has 1 aliphatic rings. The highest BCUT2D eigenvalue weighted by Gasteiger charge is 2.14. The predicted octanol–water partition coefficient (Wildman–Crippen LogP) is 1.63. The van der Waals surface area contributed by atoms with Crippen molar-refractivity contribution in [3.63, 3.8) is 0 Å². The second-order valence-corrected chi connectivity index (χ2v) is 5.87. The van der Waals surface area contributed by atoms with Crippen molar-refractivity contribution in [1.82, 2.24) is 10.2 Å². The second kappa shape index (κ2) is 8.76. The molecule has 122 valence electrons. The summed E-state index contributed by atoms with van der Waals surface area (Å²) < 4.78 is 5.33. The Bertz CT molecular complexity index is 473. The lowest BCUT2D eigenvalue weighted by atomic mass is 10.2. The molecular formula is C17H27N3O2. The normalized spacial score (nSPS) is 17.0. The molecular weight excluding hydrogens is 278 g/mol. The number of nitrogens with one attached hydrogen (secondary N) is 2. The third-order valence-corrected chi connectivity index (χ3v) is 3.86. The van der Waals surface area contributed by atoms with E-state index in [4.69, 9.17) is 4.74 Å². The number of benzene rings is 1. The van der Waals surface area contributed by atoms with E-state index in [0.717, 1.165) is 38.5 Å². The zero-order chi connectivity index (χ0) is 15.8. The molecule has 1 fully saturated rings. The van der Waals surface area contributed by atoms with Gasteiger partial charge in [-0.2, -0.15) is 0 Å². The highest BCUT2D eigenvalue weighted by atomic mass is 16.5. The first-order chi connectivity index (χ1) is 10.6. The molecule has 5 heteroatoms. The van der Waals surface area contributed by atoms with Gasteiger partial charge in [-0.15, -0.1) is 0 Å². The van der Waals surface area contributed by atoms with Crippen LogP contribution in [0.15, 0.2) is 24.3 Å². The zero-order valence-electron chi connectivity index (χ0n) is 13.6. The van der Waals surface area contributed by atoms with E-state index in [-0.39, 0.29) is 11.9 Å². The van der Waals surface area contributed by atoms with E-state index in [2.05, 4.69) is 35.4 Å². The number of carbonyl (C=O) groups excluding carboxylic acids is 1. The first-order valence-electron chi connectivity index (χ1n) is 8.04. The van der Waals surface area contributed by atoms with Crippen LogP contribution in [-0.4, -0.2) is 56.2 Å². The third-order valence-electron chi connectivity index (χ3n) is 3.86. The molecule has 2 N–H and O–H groups in total. The van der Waals surface area contributed by atoms with Crippen molar-refractivity contribution >= 4 is 11.6 Å². The van der Waals surface area contributed by atoms with Gasteiger partial charge in [-0.25, -0.2) is 0 Å². The highest BCUT2D eigenvalue weighted by Crippen LogP contribution is 2.12. The number of anilines is 1. The summed E-state index contributed by atoms with van der Waals surface area (Å²) in [6.07, 6.45) is 0.488. The maximum Gasteiger partial charge on any atom is 0.222 e. The highest BCUT2D eigenvalue weighted by molar-refractivity contribution is 5.76.